The number of halogens is 1. The summed E-state index contributed by atoms with van der Waals surface area (Å²) in [6.45, 7) is 0. The standard InChI is InChI=1S/C16H15ClN2O/c17-13-8-4-7-12-10-15(20-16(12)13)14(19-18)9-11-5-2-1-3-6-11/h1-8,10,14,19H,9,18H2. The molecule has 0 saturated carbocycles. The fourth-order valence-electron chi connectivity index (χ4n) is 2.31. The first kappa shape index (κ1) is 13.2. The van der Waals surface area contributed by atoms with Crippen LogP contribution in [0.3, 0.4) is 0 Å². The highest BCUT2D eigenvalue weighted by molar-refractivity contribution is 6.34. The van der Waals surface area contributed by atoms with Gasteiger partial charge in [0.15, 0.2) is 5.58 Å². The zero-order valence-corrected chi connectivity index (χ0v) is 11.6. The Morgan fingerprint density at radius 2 is 1.90 bits per heavy atom. The molecule has 0 spiro atoms. The number of furan rings is 1. The van der Waals surface area contributed by atoms with E-state index in [2.05, 4.69) is 17.6 Å². The van der Waals surface area contributed by atoms with Crippen LogP contribution in [-0.4, -0.2) is 0 Å². The van der Waals surface area contributed by atoms with E-state index in [-0.39, 0.29) is 6.04 Å². The molecule has 0 aliphatic heterocycles. The quantitative estimate of drug-likeness (QED) is 0.566. The Labute approximate surface area is 122 Å². The highest BCUT2D eigenvalue weighted by Crippen LogP contribution is 2.30. The Kier molecular flexibility index (Phi) is 3.74. The van der Waals surface area contributed by atoms with Crippen LogP contribution in [0.1, 0.15) is 17.4 Å². The summed E-state index contributed by atoms with van der Waals surface area (Å²) in [6, 6.07) is 17.8. The fraction of sp³-hybridized carbons (Fsp3) is 0.125. The van der Waals surface area contributed by atoms with Crippen LogP contribution in [0.15, 0.2) is 59.0 Å². The Morgan fingerprint density at radius 3 is 2.60 bits per heavy atom. The lowest BCUT2D eigenvalue weighted by Gasteiger charge is -2.13. The van der Waals surface area contributed by atoms with Gasteiger partial charge >= 0.3 is 0 Å². The molecule has 0 aliphatic rings. The molecule has 0 aliphatic carbocycles. The molecule has 20 heavy (non-hydrogen) atoms. The maximum absolute atomic E-state index is 6.13. The van der Waals surface area contributed by atoms with E-state index < -0.39 is 0 Å². The van der Waals surface area contributed by atoms with Crippen molar-refractivity contribution >= 4 is 22.6 Å². The Bertz CT molecular complexity index is 709. The summed E-state index contributed by atoms with van der Waals surface area (Å²) in [5.41, 5.74) is 4.71. The van der Waals surface area contributed by atoms with E-state index in [0.717, 1.165) is 17.6 Å². The first-order valence-electron chi connectivity index (χ1n) is 6.46. The topological polar surface area (TPSA) is 51.2 Å². The van der Waals surface area contributed by atoms with Crippen molar-refractivity contribution in [2.45, 2.75) is 12.5 Å². The molecule has 1 heterocycles. The lowest BCUT2D eigenvalue weighted by Crippen LogP contribution is -2.29. The van der Waals surface area contributed by atoms with Crippen LogP contribution in [0.4, 0.5) is 0 Å². The lowest BCUT2D eigenvalue weighted by molar-refractivity contribution is 0.434. The third-order valence-corrected chi connectivity index (χ3v) is 3.64. The zero-order chi connectivity index (χ0) is 13.9. The van der Waals surface area contributed by atoms with Crippen LogP contribution in [0.5, 0.6) is 0 Å². The van der Waals surface area contributed by atoms with Gasteiger partial charge in [-0.2, -0.15) is 0 Å². The SMILES string of the molecule is NNC(Cc1ccccc1)c1cc2cccc(Cl)c2o1. The van der Waals surface area contributed by atoms with Crippen molar-refractivity contribution in [2.75, 3.05) is 0 Å². The van der Waals surface area contributed by atoms with Gasteiger partial charge in [0.1, 0.15) is 5.76 Å². The number of benzene rings is 2. The minimum atomic E-state index is -0.0825. The smallest absolute Gasteiger partial charge is 0.152 e. The summed E-state index contributed by atoms with van der Waals surface area (Å²) in [7, 11) is 0. The maximum Gasteiger partial charge on any atom is 0.152 e. The molecule has 0 saturated heterocycles. The van der Waals surface area contributed by atoms with E-state index in [9.17, 15) is 0 Å². The number of nitrogens with two attached hydrogens (primary N) is 1. The minimum absolute atomic E-state index is 0.0825. The average Bonchev–Trinajstić information content (AvgIpc) is 2.91. The van der Waals surface area contributed by atoms with E-state index in [1.807, 2.05) is 42.5 Å². The van der Waals surface area contributed by atoms with Crippen molar-refractivity contribution in [3.63, 3.8) is 0 Å². The Balaban J connectivity index is 1.93. The first-order valence-corrected chi connectivity index (χ1v) is 6.84. The number of fused-ring (bicyclic) bond motifs is 1. The summed E-state index contributed by atoms with van der Waals surface area (Å²) < 4.78 is 5.85. The van der Waals surface area contributed by atoms with Crippen LogP contribution in [0.25, 0.3) is 11.0 Å². The predicted octanol–water partition coefficient (Wildman–Crippen LogP) is 3.83. The summed E-state index contributed by atoms with van der Waals surface area (Å²) in [5, 5.41) is 1.60. The van der Waals surface area contributed by atoms with E-state index in [1.54, 1.807) is 0 Å². The molecule has 3 nitrogen and oxygen atoms in total. The second-order valence-electron chi connectivity index (χ2n) is 4.72. The summed E-state index contributed by atoms with van der Waals surface area (Å²) >= 11 is 6.13. The van der Waals surface area contributed by atoms with Crippen molar-refractivity contribution in [3.05, 3.63) is 70.9 Å². The van der Waals surface area contributed by atoms with Crippen LogP contribution in [0.2, 0.25) is 5.02 Å². The molecule has 0 radical (unpaired) electrons. The summed E-state index contributed by atoms with van der Waals surface area (Å²) in [4.78, 5) is 0. The van der Waals surface area contributed by atoms with Gasteiger partial charge in [-0.25, -0.2) is 5.43 Å². The van der Waals surface area contributed by atoms with Crippen LogP contribution in [-0.2, 0) is 6.42 Å². The van der Waals surface area contributed by atoms with Gasteiger partial charge in [0, 0.05) is 5.39 Å². The first-order chi connectivity index (χ1) is 9.78. The number of nitrogens with one attached hydrogen (secondary N) is 1. The second-order valence-corrected chi connectivity index (χ2v) is 5.12. The third kappa shape index (κ3) is 2.56. The number of hydrazine groups is 1. The van der Waals surface area contributed by atoms with Gasteiger partial charge in [0.05, 0.1) is 11.1 Å². The molecule has 102 valence electrons. The molecular weight excluding hydrogens is 272 g/mol. The normalized spacial score (nSPS) is 12.7. The molecule has 0 fully saturated rings. The Hall–Kier alpha value is -1.81. The van der Waals surface area contributed by atoms with Gasteiger partial charge < -0.3 is 4.42 Å². The van der Waals surface area contributed by atoms with Gasteiger partial charge in [-0.15, -0.1) is 0 Å². The number of rotatable bonds is 4. The monoisotopic (exact) mass is 286 g/mol. The highest BCUT2D eigenvalue weighted by atomic mass is 35.5. The molecule has 3 rings (SSSR count). The molecule has 4 heteroatoms. The Morgan fingerprint density at radius 1 is 1.10 bits per heavy atom. The molecule has 1 atom stereocenters. The fourth-order valence-corrected chi connectivity index (χ4v) is 2.53. The molecule has 1 aromatic heterocycles. The van der Waals surface area contributed by atoms with Crippen molar-refractivity contribution in [2.24, 2.45) is 5.84 Å². The third-order valence-electron chi connectivity index (χ3n) is 3.34. The summed E-state index contributed by atoms with van der Waals surface area (Å²) in [6.07, 6.45) is 0.759. The van der Waals surface area contributed by atoms with E-state index in [0.29, 0.717) is 10.6 Å². The van der Waals surface area contributed by atoms with E-state index in [1.165, 1.54) is 5.56 Å². The molecule has 0 bridgehead atoms. The van der Waals surface area contributed by atoms with Crippen molar-refractivity contribution in [3.8, 4) is 0 Å². The largest absolute Gasteiger partial charge is 0.458 e. The maximum atomic E-state index is 6.13. The van der Waals surface area contributed by atoms with Crippen molar-refractivity contribution < 1.29 is 4.42 Å². The predicted molar refractivity (Wildman–Crippen MR) is 81.4 cm³/mol. The van der Waals surface area contributed by atoms with Gasteiger partial charge in [0.2, 0.25) is 0 Å². The van der Waals surface area contributed by atoms with Gasteiger partial charge in [0.25, 0.3) is 0 Å². The van der Waals surface area contributed by atoms with Crippen LogP contribution in [0, 0.1) is 0 Å². The second kappa shape index (κ2) is 5.67. The van der Waals surface area contributed by atoms with Crippen LogP contribution < -0.4 is 11.3 Å². The van der Waals surface area contributed by atoms with Crippen molar-refractivity contribution in [1.29, 1.82) is 0 Å². The lowest BCUT2D eigenvalue weighted by atomic mass is 10.0. The van der Waals surface area contributed by atoms with Crippen molar-refractivity contribution in [1.82, 2.24) is 5.43 Å². The van der Waals surface area contributed by atoms with Crippen LogP contribution >= 0.6 is 11.6 Å². The minimum Gasteiger partial charge on any atom is -0.458 e. The summed E-state index contributed by atoms with van der Waals surface area (Å²) in [5.74, 6) is 6.46. The molecule has 1 unspecified atom stereocenters. The van der Waals surface area contributed by atoms with E-state index >= 15 is 0 Å². The highest BCUT2D eigenvalue weighted by Gasteiger charge is 2.16. The van der Waals surface area contributed by atoms with Gasteiger partial charge in [-0.05, 0) is 24.1 Å². The molecule has 0 amide bonds. The molecule has 3 aromatic rings. The average molecular weight is 287 g/mol. The van der Waals surface area contributed by atoms with Gasteiger partial charge in [-0.3, -0.25) is 5.84 Å². The number of para-hydroxylation sites is 1. The molecule has 2 aromatic carbocycles. The molecular formula is C16H15ClN2O. The van der Waals surface area contributed by atoms with Gasteiger partial charge in [-0.1, -0.05) is 54.1 Å². The molecule has 3 N–H and O–H groups in total. The zero-order valence-electron chi connectivity index (χ0n) is 10.8. The number of hydrogen-bond acceptors (Lipinski definition) is 3. The number of hydrogen-bond donors (Lipinski definition) is 2. The van der Waals surface area contributed by atoms with E-state index in [4.69, 9.17) is 21.9 Å².